The van der Waals surface area contributed by atoms with Gasteiger partial charge in [0, 0.05) is 6.04 Å². The third-order valence-electron chi connectivity index (χ3n) is 4.06. The van der Waals surface area contributed by atoms with Gasteiger partial charge in [-0.1, -0.05) is 38.3 Å². The van der Waals surface area contributed by atoms with E-state index < -0.39 is 0 Å². The van der Waals surface area contributed by atoms with E-state index in [4.69, 9.17) is 4.74 Å². The number of ether oxygens (including phenoxy) is 1. The summed E-state index contributed by atoms with van der Waals surface area (Å²) in [6, 6.07) is 9.02. The molecule has 1 saturated carbocycles. The van der Waals surface area contributed by atoms with E-state index in [1.54, 1.807) is 0 Å². The number of nitrogens with one attached hydrogen (secondary N) is 1. The quantitative estimate of drug-likeness (QED) is 0.625. The Balaban J connectivity index is 1.68. The summed E-state index contributed by atoms with van der Waals surface area (Å²) in [4.78, 5) is 0. The van der Waals surface area contributed by atoms with E-state index >= 15 is 0 Å². The third-order valence-corrected chi connectivity index (χ3v) is 4.06. The first-order valence-corrected chi connectivity index (χ1v) is 8.25. The molecule has 1 aromatic carbocycles. The van der Waals surface area contributed by atoms with Crippen LogP contribution in [0.2, 0.25) is 0 Å². The van der Waals surface area contributed by atoms with E-state index in [1.165, 1.54) is 37.7 Å². The van der Waals surface area contributed by atoms with E-state index in [0.717, 1.165) is 31.2 Å². The minimum Gasteiger partial charge on any atom is -0.494 e. The zero-order valence-corrected chi connectivity index (χ0v) is 13.0. The highest BCUT2D eigenvalue weighted by molar-refractivity contribution is 5.28. The van der Waals surface area contributed by atoms with Gasteiger partial charge in [-0.25, -0.2) is 0 Å². The SMILES string of the molecule is CCCCCCOc1ccc(C(C)NCC2CC2)cc1. The summed E-state index contributed by atoms with van der Waals surface area (Å²) in [5.41, 5.74) is 1.35. The first kappa shape index (κ1) is 15.4. The molecule has 0 radical (unpaired) electrons. The molecule has 0 spiro atoms. The van der Waals surface area contributed by atoms with Crippen molar-refractivity contribution in [2.24, 2.45) is 5.92 Å². The standard InChI is InChI=1S/C18H29NO/c1-3-4-5-6-13-20-18-11-9-17(10-12-18)15(2)19-14-16-7-8-16/h9-12,15-16,19H,3-8,13-14H2,1-2H3. The molecule has 1 aromatic rings. The minimum atomic E-state index is 0.439. The van der Waals surface area contributed by atoms with Crippen LogP contribution in [0.25, 0.3) is 0 Å². The largest absolute Gasteiger partial charge is 0.494 e. The lowest BCUT2D eigenvalue weighted by Crippen LogP contribution is -2.20. The van der Waals surface area contributed by atoms with Crippen LogP contribution in [0.1, 0.15) is 64.0 Å². The Morgan fingerprint density at radius 2 is 1.90 bits per heavy atom. The lowest BCUT2D eigenvalue weighted by atomic mass is 10.1. The zero-order chi connectivity index (χ0) is 14.2. The van der Waals surface area contributed by atoms with Crippen LogP contribution in [0.4, 0.5) is 0 Å². The first-order chi connectivity index (χ1) is 9.79. The molecule has 0 aliphatic heterocycles. The summed E-state index contributed by atoms with van der Waals surface area (Å²) in [7, 11) is 0. The summed E-state index contributed by atoms with van der Waals surface area (Å²) in [5.74, 6) is 1.93. The molecule has 1 unspecified atom stereocenters. The second-order valence-electron chi connectivity index (χ2n) is 6.05. The molecule has 0 saturated heterocycles. The van der Waals surface area contributed by atoms with Crippen molar-refractivity contribution in [1.29, 1.82) is 0 Å². The van der Waals surface area contributed by atoms with Gasteiger partial charge in [0.25, 0.3) is 0 Å². The molecule has 1 fully saturated rings. The average molecular weight is 275 g/mol. The van der Waals surface area contributed by atoms with Crippen molar-refractivity contribution in [3.63, 3.8) is 0 Å². The van der Waals surface area contributed by atoms with Gasteiger partial charge in [-0.2, -0.15) is 0 Å². The Morgan fingerprint density at radius 3 is 2.55 bits per heavy atom. The maximum Gasteiger partial charge on any atom is 0.119 e. The molecule has 2 nitrogen and oxygen atoms in total. The highest BCUT2D eigenvalue weighted by atomic mass is 16.5. The highest BCUT2D eigenvalue weighted by Gasteiger charge is 2.21. The lowest BCUT2D eigenvalue weighted by Gasteiger charge is -2.14. The van der Waals surface area contributed by atoms with E-state index in [9.17, 15) is 0 Å². The van der Waals surface area contributed by atoms with Gasteiger partial charge in [0.2, 0.25) is 0 Å². The predicted molar refractivity (Wildman–Crippen MR) is 85.2 cm³/mol. The van der Waals surface area contributed by atoms with Gasteiger partial charge in [-0.15, -0.1) is 0 Å². The van der Waals surface area contributed by atoms with Gasteiger partial charge in [0.15, 0.2) is 0 Å². The van der Waals surface area contributed by atoms with Crippen molar-refractivity contribution < 1.29 is 4.74 Å². The maximum atomic E-state index is 5.78. The number of hydrogen-bond donors (Lipinski definition) is 1. The fourth-order valence-corrected chi connectivity index (χ4v) is 2.35. The van der Waals surface area contributed by atoms with Crippen molar-refractivity contribution in [2.45, 2.75) is 58.4 Å². The second-order valence-corrected chi connectivity index (χ2v) is 6.05. The molecule has 1 aliphatic carbocycles. The Labute approximate surface area is 123 Å². The predicted octanol–water partition coefficient (Wildman–Crippen LogP) is 4.71. The fourth-order valence-electron chi connectivity index (χ4n) is 2.35. The molecule has 1 aliphatic rings. The van der Waals surface area contributed by atoms with Gasteiger partial charge >= 0.3 is 0 Å². The van der Waals surface area contributed by atoms with Gasteiger partial charge in [0.1, 0.15) is 5.75 Å². The molecule has 0 bridgehead atoms. The minimum absolute atomic E-state index is 0.439. The molecule has 20 heavy (non-hydrogen) atoms. The van der Waals surface area contributed by atoms with Crippen LogP contribution < -0.4 is 10.1 Å². The van der Waals surface area contributed by atoms with Gasteiger partial charge in [-0.3, -0.25) is 0 Å². The number of benzene rings is 1. The monoisotopic (exact) mass is 275 g/mol. The number of hydrogen-bond acceptors (Lipinski definition) is 2. The van der Waals surface area contributed by atoms with Crippen molar-refractivity contribution in [1.82, 2.24) is 5.32 Å². The Bertz CT molecular complexity index is 370. The lowest BCUT2D eigenvalue weighted by molar-refractivity contribution is 0.305. The van der Waals surface area contributed by atoms with Gasteiger partial charge in [0.05, 0.1) is 6.61 Å². The van der Waals surface area contributed by atoms with E-state index in [2.05, 4.69) is 43.4 Å². The van der Waals surface area contributed by atoms with Crippen LogP contribution in [0.3, 0.4) is 0 Å². The highest BCUT2D eigenvalue weighted by Crippen LogP contribution is 2.28. The average Bonchev–Trinajstić information content (AvgIpc) is 3.29. The summed E-state index contributed by atoms with van der Waals surface area (Å²) in [6.07, 6.45) is 7.84. The summed E-state index contributed by atoms with van der Waals surface area (Å²) in [6.45, 7) is 6.48. The zero-order valence-electron chi connectivity index (χ0n) is 13.0. The number of rotatable bonds is 10. The Kier molecular flexibility index (Phi) is 6.38. The Hall–Kier alpha value is -1.02. The molecule has 112 valence electrons. The van der Waals surface area contributed by atoms with Crippen LogP contribution in [-0.4, -0.2) is 13.2 Å². The molecule has 0 amide bonds. The fraction of sp³-hybridized carbons (Fsp3) is 0.667. The van der Waals surface area contributed by atoms with Crippen molar-refractivity contribution in [3.8, 4) is 5.75 Å². The van der Waals surface area contributed by atoms with Gasteiger partial charge < -0.3 is 10.1 Å². The molecular weight excluding hydrogens is 246 g/mol. The number of unbranched alkanes of at least 4 members (excludes halogenated alkanes) is 3. The molecule has 1 N–H and O–H groups in total. The smallest absolute Gasteiger partial charge is 0.119 e. The third kappa shape index (κ3) is 5.54. The van der Waals surface area contributed by atoms with Crippen molar-refractivity contribution >= 4 is 0 Å². The van der Waals surface area contributed by atoms with Crippen molar-refractivity contribution in [3.05, 3.63) is 29.8 Å². The topological polar surface area (TPSA) is 21.3 Å². The maximum absolute atomic E-state index is 5.78. The van der Waals surface area contributed by atoms with Crippen LogP contribution >= 0.6 is 0 Å². The molecule has 0 aromatic heterocycles. The summed E-state index contributed by atoms with van der Waals surface area (Å²) in [5, 5.41) is 3.61. The summed E-state index contributed by atoms with van der Waals surface area (Å²) < 4.78 is 5.78. The van der Waals surface area contributed by atoms with E-state index in [1.807, 2.05) is 0 Å². The molecule has 0 heterocycles. The Morgan fingerprint density at radius 1 is 1.15 bits per heavy atom. The molecule has 2 heteroatoms. The molecular formula is C18H29NO. The molecule has 1 atom stereocenters. The van der Waals surface area contributed by atoms with Crippen LogP contribution in [0.5, 0.6) is 5.75 Å². The molecule has 2 rings (SSSR count). The summed E-state index contributed by atoms with van der Waals surface area (Å²) >= 11 is 0. The van der Waals surface area contributed by atoms with Crippen LogP contribution in [-0.2, 0) is 0 Å². The van der Waals surface area contributed by atoms with Gasteiger partial charge in [-0.05, 0) is 56.3 Å². The van der Waals surface area contributed by atoms with E-state index in [-0.39, 0.29) is 0 Å². The van der Waals surface area contributed by atoms with E-state index in [0.29, 0.717) is 6.04 Å². The first-order valence-electron chi connectivity index (χ1n) is 8.25. The van der Waals surface area contributed by atoms with Crippen molar-refractivity contribution in [2.75, 3.05) is 13.2 Å². The normalized spacial score (nSPS) is 16.1. The van der Waals surface area contributed by atoms with Crippen LogP contribution in [0.15, 0.2) is 24.3 Å². The second kappa shape index (κ2) is 8.31. The van der Waals surface area contributed by atoms with Crippen LogP contribution in [0, 0.1) is 5.92 Å².